The molecule has 2 aromatic carbocycles. The Hall–Kier alpha value is -2.46. The van der Waals surface area contributed by atoms with Crippen molar-refractivity contribution in [3.05, 3.63) is 60.2 Å². The number of nitrogens with zero attached hydrogens (tertiary/aromatic N) is 1. The Morgan fingerprint density at radius 1 is 1.03 bits per heavy atom. The van der Waals surface area contributed by atoms with Gasteiger partial charge in [-0.15, -0.1) is 0 Å². The summed E-state index contributed by atoms with van der Waals surface area (Å²) in [4.78, 5) is 14.3. The summed E-state index contributed by atoms with van der Waals surface area (Å²) in [7, 11) is -3.63. The molecule has 9 heteroatoms. The topological polar surface area (TPSA) is 97.0 Å². The van der Waals surface area contributed by atoms with Gasteiger partial charge in [-0.3, -0.25) is 9.69 Å². The SMILES string of the molecule is O=C(COc1ccc(S(=O)(=O)NCc2ccccc2)cc1)NCCN1CCOCC1. The molecule has 2 N–H and O–H groups in total. The smallest absolute Gasteiger partial charge is 0.257 e. The number of benzene rings is 2. The number of nitrogens with one attached hydrogen (secondary N) is 2. The summed E-state index contributed by atoms with van der Waals surface area (Å²) < 4.78 is 38.1. The summed E-state index contributed by atoms with van der Waals surface area (Å²) >= 11 is 0. The monoisotopic (exact) mass is 433 g/mol. The third-order valence-corrected chi connectivity index (χ3v) is 6.08. The number of sulfonamides is 1. The first kappa shape index (κ1) is 22.2. The van der Waals surface area contributed by atoms with Gasteiger partial charge in [-0.25, -0.2) is 13.1 Å². The van der Waals surface area contributed by atoms with Crippen molar-refractivity contribution in [3.8, 4) is 5.75 Å². The minimum Gasteiger partial charge on any atom is -0.484 e. The van der Waals surface area contributed by atoms with E-state index in [0.717, 1.165) is 38.4 Å². The van der Waals surface area contributed by atoms with Crippen molar-refractivity contribution in [2.45, 2.75) is 11.4 Å². The fourth-order valence-electron chi connectivity index (χ4n) is 2.95. The zero-order valence-electron chi connectivity index (χ0n) is 16.7. The normalized spacial score (nSPS) is 14.9. The van der Waals surface area contributed by atoms with Crippen LogP contribution in [0.25, 0.3) is 0 Å². The van der Waals surface area contributed by atoms with E-state index in [-0.39, 0.29) is 24.0 Å². The molecule has 1 fully saturated rings. The van der Waals surface area contributed by atoms with Gasteiger partial charge in [0.2, 0.25) is 10.0 Å². The van der Waals surface area contributed by atoms with Gasteiger partial charge in [-0.1, -0.05) is 30.3 Å². The zero-order chi connectivity index (χ0) is 21.2. The third kappa shape index (κ3) is 7.10. The zero-order valence-corrected chi connectivity index (χ0v) is 17.6. The maximum atomic E-state index is 12.4. The summed E-state index contributed by atoms with van der Waals surface area (Å²) in [5.74, 6) is 0.213. The molecule has 0 aliphatic carbocycles. The first-order chi connectivity index (χ1) is 14.5. The number of ether oxygens (including phenoxy) is 2. The fraction of sp³-hybridized carbons (Fsp3) is 0.381. The molecule has 0 saturated carbocycles. The highest BCUT2D eigenvalue weighted by Gasteiger charge is 2.14. The van der Waals surface area contributed by atoms with Crippen LogP contribution in [0.2, 0.25) is 0 Å². The molecule has 1 saturated heterocycles. The van der Waals surface area contributed by atoms with Crippen LogP contribution in [0.1, 0.15) is 5.56 Å². The molecule has 1 amide bonds. The van der Waals surface area contributed by atoms with Crippen LogP contribution >= 0.6 is 0 Å². The molecule has 1 aliphatic heterocycles. The largest absolute Gasteiger partial charge is 0.484 e. The lowest BCUT2D eigenvalue weighted by Gasteiger charge is -2.26. The highest BCUT2D eigenvalue weighted by Crippen LogP contribution is 2.16. The number of hydrogen-bond donors (Lipinski definition) is 2. The lowest BCUT2D eigenvalue weighted by molar-refractivity contribution is -0.123. The van der Waals surface area contributed by atoms with Crippen LogP contribution in [0.15, 0.2) is 59.5 Å². The maximum Gasteiger partial charge on any atom is 0.257 e. The van der Waals surface area contributed by atoms with Gasteiger partial charge in [-0.05, 0) is 29.8 Å². The molecular weight excluding hydrogens is 406 g/mol. The Kier molecular flexibility index (Phi) is 8.21. The van der Waals surface area contributed by atoms with Crippen molar-refractivity contribution in [1.29, 1.82) is 0 Å². The van der Waals surface area contributed by atoms with E-state index in [1.54, 1.807) is 0 Å². The molecule has 1 aliphatic rings. The van der Waals surface area contributed by atoms with Crippen molar-refractivity contribution in [3.63, 3.8) is 0 Å². The second-order valence-electron chi connectivity index (χ2n) is 6.87. The molecular formula is C21H27N3O5S. The van der Waals surface area contributed by atoms with E-state index in [1.807, 2.05) is 30.3 Å². The molecule has 162 valence electrons. The van der Waals surface area contributed by atoms with E-state index in [0.29, 0.717) is 12.3 Å². The second kappa shape index (κ2) is 11.1. The Balaban J connectivity index is 1.40. The van der Waals surface area contributed by atoms with Gasteiger partial charge in [0.15, 0.2) is 6.61 Å². The predicted molar refractivity (Wildman–Crippen MR) is 113 cm³/mol. The van der Waals surface area contributed by atoms with E-state index >= 15 is 0 Å². The van der Waals surface area contributed by atoms with Gasteiger partial charge in [0, 0.05) is 32.7 Å². The minimum absolute atomic E-state index is 0.124. The Morgan fingerprint density at radius 2 is 1.73 bits per heavy atom. The molecule has 0 atom stereocenters. The Morgan fingerprint density at radius 3 is 2.43 bits per heavy atom. The number of amides is 1. The average Bonchev–Trinajstić information content (AvgIpc) is 2.78. The van der Waals surface area contributed by atoms with Gasteiger partial charge >= 0.3 is 0 Å². The lowest BCUT2D eigenvalue weighted by Crippen LogP contribution is -2.42. The predicted octanol–water partition coefficient (Wildman–Crippen LogP) is 0.992. The van der Waals surface area contributed by atoms with Gasteiger partial charge in [0.05, 0.1) is 18.1 Å². The number of morpholine rings is 1. The molecule has 0 bridgehead atoms. The molecule has 0 unspecified atom stereocenters. The minimum atomic E-state index is -3.63. The van der Waals surface area contributed by atoms with Gasteiger partial charge in [0.25, 0.3) is 5.91 Å². The van der Waals surface area contributed by atoms with E-state index in [2.05, 4.69) is 14.9 Å². The van der Waals surface area contributed by atoms with Gasteiger partial charge in [0.1, 0.15) is 5.75 Å². The molecule has 0 radical (unpaired) electrons. The summed E-state index contributed by atoms with van der Waals surface area (Å²) in [6.07, 6.45) is 0. The highest BCUT2D eigenvalue weighted by atomic mass is 32.2. The number of rotatable bonds is 10. The van der Waals surface area contributed by atoms with Gasteiger partial charge < -0.3 is 14.8 Å². The average molecular weight is 434 g/mol. The second-order valence-corrected chi connectivity index (χ2v) is 8.64. The molecule has 3 rings (SSSR count). The fourth-order valence-corrected chi connectivity index (χ4v) is 3.97. The summed E-state index contributed by atoms with van der Waals surface area (Å²) in [6.45, 7) is 4.62. The van der Waals surface area contributed by atoms with Crippen LogP contribution in [-0.4, -0.2) is 65.2 Å². The van der Waals surface area contributed by atoms with E-state index in [1.165, 1.54) is 24.3 Å². The number of hydrogen-bond acceptors (Lipinski definition) is 6. The van der Waals surface area contributed by atoms with Crippen LogP contribution in [0.3, 0.4) is 0 Å². The quantitative estimate of drug-likeness (QED) is 0.580. The van der Waals surface area contributed by atoms with E-state index in [9.17, 15) is 13.2 Å². The molecule has 8 nitrogen and oxygen atoms in total. The highest BCUT2D eigenvalue weighted by molar-refractivity contribution is 7.89. The van der Waals surface area contributed by atoms with Crippen molar-refractivity contribution < 1.29 is 22.7 Å². The first-order valence-corrected chi connectivity index (χ1v) is 11.3. The van der Waals surface area contributed by atoms with Crippen LogP contribution in [-0.2, 0) is 26.1 Å². The van der Waals surface area contributed by atoms with Crippen LogP contribution in [0, 0.1) is 0 Å². The van der Waals surface area contributed by atoms with Crippen molar-refractivity contribution in [2.75, 3.05) is 46.0 Å². The Bertz CT molecular complexity index is 898. The molecule has 0 aromatic heterocycles. The van der Waals surface area contributed by atoms with Crippen molar-refractivity contribution in [1.82, 2.24) is 14.9 Å². The Labute approximate surface area is 177 Å². The van der Waals surface area contributed by atoms with Crippen molar-refractivity contribution >= 4 is 15.9 Å². The molecule has 1 heterocycles. The van der Waals surface area contributed by atoms with Crippen LogP contribution in [0.4, 0.5) is 0 Å². The van der Waals surface area contributed by atoms with Crippen molar-refractivity contribution in [2.24, 2.45) is 0 Å². The van der Waals surface area contributed by atoms with Crippen LogP contribution in [0.5, 0.6) is 5.75 Å². The maximum absolute atomic E-state index is 12.4. The lowest BCUT2D eigenvalue weighted by atomic mass is 10.2. The molecule has 30 heavy (non-hydrogen) atoms. The van der Waals surface area contributed by atoms with Crippen LogP contribution < -0.4 is 14.8 Å². The van der Waals surface area contributed by atoms with E-state index < -0.39 is 10.0 Å². The summed E-state index contributed by atoms with van der Waals surface area (Å²) in [5.41, 5.74) is 0.876. The molecule has 0 spiro atoms. The third-order valence-electron chi connectivity index (χ3n) is 4.67. The number of carbonyl (C=O) groups is 1. The van der Waals surface area contributed by atoms with Gasteiger partial charge in [-0.2, -0.15) is 0 Å². The van der Waals surface area contributed by atoms with E-state index in [4.69, 9.17) is 9.47 Å². The molecule has 2 aromatic rings. The first-order valence-electron chi connectivity index (χ1n) is 9.86. The standard InChI is InChI=1S/C21H27N3O5S/c25-21(22-10-11-24-12-14-28-15-13-24)17-29-19-6-8-20(9-7-19)30(26,27)23-16-18-4-2-1-3-5-18/h1-9,23H,10-17H2,(H,22,25). The number of carbonyl (C=O) groups excluding carboxylic acids is 1. The summed E-state index contributed by atoms with van der Waals surface area (Å²) in [5, 5.41) is 2.82. The summed E-state index contributed by atoms with van der Waals surface area (Å²) in [6, 6.07) is 15.3.